The van der Waals surface area contributed by atoms with Crippen LogP contribution in [0.5, 0.6) is 0 Å². The number of rotatable bonds is 5. The molecule has 1 fully saturated rings. The zero-order valence-electron chi connectivity index (χ0n) is 11.5. The predicted octanol–water partition coefficient (Wildman–Crippen LogP) is 2.62. The lowest BCUT2D eigenvalue weighted by Crippen LogP contribution is -2.32. The molecule has 116 valence electrons. The SMILES string of the molecule is O=C(O)C1CCC(CNS(=O)(=O)c2ccccc2Br)CC1. The maximum atomic E-state index is 12.2. The van der Waals surface area contributed by atoms with Crippen LogP contribution in [0.15, 0.2) is 33.6 Å². The van der Waals surface area contributed by atoms with Gasteiger partial charge in [-0.05, 0) is 59.7 Å². The molecular weight excluding hydrogens is 358 g/mol. The van der Waals surface area contributed by atoms with E-state index in [1.54, 1.807) is 24.3 Å². The minimum Gasteiger partial charge on any atom is -0.481 e. The predicted molar refractivity (Wildman–Crippen MR) is 82.4 cm³/mol. The molecule has 0 saturated heterocycles. The van der Waals surface area contributed by atoms with Crippen molar-refractivity contribution in [1.82, 2.24) is 4.72 Å². The minimum atomic E-state index is -3.53. The van der Waals surface area contributed by atoms with Gasteiger partial charge >= 0.3 is 5.97 Å². The van der Waals surface area contributed by atoms with Crippen LogP contribution in [-0.4, -0.2) is 26.0 Å². The third kappa shape index (κ3) is 4.28. The van der Waals surface area contributed by atoms with Gasteiger partial charge in [0.05, 0.1) is 10.8 Å². The molecule has 0 bridgehead atoms. The molecule has 0 unspecified atom stereocenters. The van der Waals surface area contributed by atoms with Crippen molar-refractivity contribution in [2.45, 2.75) is 30.6 Å². The molecule has 2 rings (SSSR count). The first-order chi connectivity index (χ1) is 9.90. The number of carboxylic acids is 1. The molecule has 21 heavy (non-hydrogen) atoms. The van der Waals surface area contributed by atoms with Gasteiger partial charge in [-0.25, -0.2) is 13.1 Å². The molecule has 1 aliphatic carbocycles. The molecule has 0 amide bonds. The van der Waals surface area contributed by atoms with Gasteiger partial charge in [-0.15, -0.1) is 0 Å². The number of benzene rings is 1. The molecule has 7 heteroatoms. The second kappa shape index (κ2) is 6.89. The van der Waals surface area contributed by atoms with Crippen LogP contribution < -0.4 is 4.72 Å². The molecule has 0 aliphatic heterocycles. The Morgan fingerprint density at radius 1 is 1.24 bits per heavy atom. The van der Waals surface area contributed by atoms with Gasteiger partial charge < -0.3 is 5.11 Å². The van der Waals surface area contributed by atoms with Gasteiger partial charge in [0, 0.05) is 11.0 Å². The van der Waals surface area contributed by atoms with Crippen molar-refractivity contribution >= 4 is 31.9 Å². The summed E-state index contributed by atoms with van der Waals surface area (Å²) in [5.74, 6) is -0.818. The fourth-order valence-corrected chi connectivity index (χ4v) is 4.70. The smallest absolute Gasteiger partial charge is 0.306 e. The van der Waals surface area contributed by atoms with E-state index in [2.05, 4.69) is 20.7 Å². The molecule has 2 N–H and O–H groups in total. The van der Waals surface area contributed by atoms with E-state index < -0.39 is 16.0 Å². The Bertz CT molecular complexity index is 609. The summed E-state index contributed by atoms with van der Waals surface area (Å²) in [5, 5.41) is 8.95. The van der Waals surface area contributed by atoms with Gasteiger partial charge in [-0.2, -0.15) is 0 Å². The third-order valence-corrected chi connectivity index (χ3v) is 6.32. The average molecular weight is 376 g/mol. The van der Waals surface area contributed by atoms with Crippen molar-refractivity contribution in [3.63, 3.8) is 0 Å². The molecule has 0 spiro atoms. The Labute approximate surface area is 132 Å². The second-order valence-electron chi connectivity index (χ2n) is 5.34. The highest BCUT2D eigenvalue weighted by Crippen LogP contribution is 2.29. The second-order valence-corrected chi connectivity index (χ2v) is 7.93. The van der Waals surface area contributed by atoms with Crippen molar-refractivity contribution in [2.24, 2.45) is 11.8 Å². The molecule has 0 atom stereocenters. The number of hydrogen-bond acceptors (Lipinski definition) is 3. The van der Waals surface area contributed by atoms with E-state index in [0.29, 0.717) is 23.9 Å². The van der Waals surface area contributed by atoms with Crippen LogP contribution in [0.25, 0.3) is 0 Å². The van der Waals surface area contributed by atoms with Crippen LogP contribution in [0.4, 0.5) is 0 Å². The minimum absolute atomic E-state index is 0.206. The van der Waals surface area contributed by atoms with Crippen molar-refractivity contribution in [3.8, 4) is 0 Å². The zero-order chi connectivity index (χ0) is 15.5. The standard InChI is InChI=1S/C14H18BrNO4S/c15-12-3-1-2-4-13(12)21(19,20)16-9-10-5-7-11(8-6-10)14(17)18/h1-4,10-11,16H,5-9H2,(H,17,18). The molecule has 1 aliphatic rings. The summed E-state index contributed by atoms with van der Waals surface area (Å²) in [6, 6.07) is 6.67. The van der Waals surface area contributed by atoms with Crippen LogP contribution in [0.3, 0.4) is 0 Å². The molecule has 0 radical (unpaired) electrons. The molecule has 1 saturated carbocycles. The molecule has 0 aromatic heterocycles. The largest absolute Gasteiger partial charge is 0.481 e. The number of carboxylic acid groups (broad SMARTS) is 1. The molecule has 5 nitrogen and oxygen atoms in total. The maximum Gasteiger partial charge on any atom is 0.306 e. The fourth-order valence-electron chi connectivity index (χ4n) is 2.58. The van der Waals surface area contributed by atoms with E-state index in [1.807, 2.05) is 0 Å². The van der Waals surface area contributed by atoms with Crippen LogP contribution >= 0.6 is 15.9 Å². The van der Waals surface area contributed by atoms with Gasteiger partial charge in [-0.1, -0.05) is 12.1 Å². The van der Waals surface area contributed by atoms with Crippen LogP contribution in [0.2, 0.25) is 0 Å². The lowest BCUT2D eigenvalue weighted by atomic mass is 9.82. The van der Waals surface area contributed by atoms with E-state index in [1.165, 1.54) is 0 Å². The fraction of sp³-hybridized carbons (Fsp3) is 0.500. The monoisotopic (exact) mass is 375 g/mol. The Morgan fingerprint density at radius 2 is 1.86 bits per heavy atom. The number of hydrogen-bond donors (Lipinski definition) is 2. The van der Waals surface area contributed by atoms with Crippen molar-refractivity contribution in [3.05, 3.63) is 28.7 Å². The first-order valence-corrected chi connectivity index (χ1v) is 9.15. The highest BCUT2D eigenvalue weighted by atomic mass is 79.9. The van der Waals surface area contributed by atoms with E-state index in [4.69, 9.17) is 5.11 Å². The van der Waals surface area contributed by atoms with E-state index in [0.717, 1.165) is 12.8 Å². The summed E-state index contributed by atoms with van der Waals surface area (Å²) in [4.78, 5) is 11.1. The van der Waals surface area contributed by atoms with Crippen LogP contribution in [0.1, 0.15) is 25.7 Å². The van der Waals surface area contributed by atoms with E-state index in [9.17, 15) is 13.2 Å². The summed E-state index contributed by atoms with van der Waals surface area (Å²) < 4.78 is 27.6. The van der Waals surface area contributed by atoms with Crippen molar-refractivity contribution < 1.29 is 18.3 Å². The third-order valence-electron chi connectivity index (χ3n) is 3.88. The summed E-state index contributed by atoms with van der Waals surface area (Å²) in [6.45, 7) is 0.357. The number of aliphatic carboxylic acids is 1. The van der Waals surface area contributed by atoms with Crippen LogP contribution in [-0.2, 0) is 14.8 Å². The maximum absolute atomic E-state index is 12.2. The molecular formula is C14H18BrNO4S. The normalized spacial score (nSPS) is 22.9. The first kappa shape index (κ1) is 16.5. The highest BCUT2D eigenvalue weighted by Gasteiger charge is 2.27. The van der Waals surface area contributed by atoms with Crippen molar-refractivity contribution in [2.75, 3.05) is 6.54 Å². The van der Waals surface area contributed by atoms with Crippen LogP contribution in [0, 0.1) is 11.8 Å². The Kier molecular flexibility index (Phi) is 5.40. The summed E-state index contributed by atoms with van der Waals surface area (Å²) >= 11 is 3.24. The van der Waals surface area contributed by atoms with Gasteiger partial charge in [0.2, 0.25) is 10.0 Å². The molecule has 1 aromatic rings. The molecule has 1 aromatic carbocycles. The Balaban J connectivity index is 1.92. The van der Waals surface area contributed by atoms with Crippen molar-refractivity contribution in [1.29, 1.82) is 0 Å². The zero-order valence-corrected chi connectivity index (χ0v) is 13.9. The van der Waals surface area contributed by atoms with Gasteiger partial charge in [0.1, 0.15) is 0 Å². The topological polar surface area (TPSA) is 83.5 Å². The quantitative estimate of drug-likeness (QED) is 0.828. The first-order valence-electron chi connectivity index (χ1n) is 6.87. The summed E-state index contributed by atoms with van der Waals surface area (Å²) in [5.41, 5.74) is 0. The van der Waals surface area contributed by atoms with Gasteiger partial charge in [-0.3, -0.25) is 4.79 Å². The number of halogens is 1. The summed E-state index contributed by atoms with van der Waals surface area (Å²) in [7, 11) is -3.53. The lowest BCUT2D eigenvalue weighted by molar-refractivity contribution is -0.143. The number of nitrogens with one attached hydrogen (secondary N) is 1. The number of sulfonamides is 1. The Morgan fingerprint density at radius 3 is 2.43 bits per heavy atom. The Hall–Kier alpha value is -0.920. The highest BCUT2D eigenvalue weighted by molar-refractivity contribution is 9.10. The van der Waals surface area contributed by atoms with E-state index in [-0.39, 0.29) is 16.7 Å². The average Bonchev–Trinajstić information content (AvgIpc) is 2.46. The lowest BCUT2D eigenvalue weighted by Gasteiger charge is -2.26. The number of carbonyl (C=O) groups is 1. The molecule has 0 heterocycles. The van der Waals surface area contributed by atoms with Gasteiger partial charge in [0.15, 0.2) is 0 Å². The van der Waals surface area contributed by atoms with E-state index >= 15 is 0 Å². The summed E-state index contributed by atoms with van der Waals surface area (Å²) in [6.07, 6.45) is 2.73. The van der Waals surface area contributed by atoms with Gasteiger partial charge in [0.25, 0.3) is 0 Å².